The van der Waals surface area contributed by atoms with E-state index in [1.165, 1.54) is 23.2 Å². The highest BCUT2D eigenvalue weighted by atomic mass is 16.5. The van der Waals surface area contributed by atoms with Crippen molar-refractivity contribution in [3.8, 4) is 0 Å². The summed E-state index contributed by atoms with van der Waals surface area (Å²) in [6, 6.07) is 12.9. The van der Waals surface area contributed by atoms with Gasteiger partial charge in [-0.25, -0.2) is 5.84 Å². The molecule has 0 aliphatic carbocycles. The molecule has 2 aromatic carbocycles. The first kappa shape index (κ1) is 27.7. The van der Waals surface area contributed by atoms with Crippen molar-refractivity contribution in [2.24, 2.45) is 11.3 Å². The van der Waals surface area contributed by atoms with Crippen LogP contribution in [0.15, 0.2) is 48.8 Å². The molecule has 3 aromatic rings. The minimum absolute atomic E-state index is 0.257. The fraction of sp³-hybridized carbons (Fsp3) is 0.467. The van der Waals surface area contributed by atoms with Crippen molar-refractivity contribution in [2.75, 3.05) is 38.0 Å². The maximum Gasteiger partial charge on any atom is 0.312 e. The van der Waals surface area contributed by atoms with Gasteiger partial charge in [0.25, 0.3) is 0 Å². The van der Waals surface area contributed by atoms with Crippen LogP contribution in [0.1, 0.15) is 66.5 Å². The minimum Gasteiger partial charge on any atom is -0.469 e. The summed E-state index contributed by atoms with van der Waals surface area (Å²) in [5, 5.41) is 6.00. The number of esters is 1. The molecule has 1 saturated heterocycles. The number of aryl methyl sites for hydroxylation is 1. The summed E-state index contributed by atoms with van der Waals surface area (Å²) >= 11 is 0. The van der Waals surface area contributed by atoms with Crippen molar-refractivity contribution in [3.63, 3.8) is 0 Å². The summed E-state index contributed by atoms with van der Waals surface area (Å²) in [5.41, 5.74) is 12.6. The van der Waals surface area contributed by atoms with Gasteiger partial charge in [-0.1, -0.05) is 24.3 Å². The predicted molar refractivity (Wildman–Crippen MR) is 153 cm³/mol. The number of piperidine rings is 1. The van der Waals surface area contributed by atoms with Crippen molar-refractivity contribution in [3.05, 3.63) is 76.6 Å². The number of carbonyl (C=O) groups is 1. The Labute approximate surface area is 226 Å². The lowest BCUT2D eigenvalue weighted by molar-refractivity contribution is -0.151. The largest absolute Gasteiger partial charge is 0.469 e. The molecule has 2 atom stereocenters. The molecule has 0 radical (unpaired) electrons. The van der Waals surface area contributed by atoms with E-state index < -0.39 is 5.41 Å². The third-order valence-corrected chi connectivity index (χ3v) is 8.14. The number of rotatable bonds is 8. The number of nitrogens with two attached hydrogens (primary N) is 2. The normalized spacial score (nSPS) is 17.3. The van der Waals surface area contributed by atoms with Gasteiger partial charge in [-0.15, -0.1) is 0 Å². The van der Waals surface area contributed by atoms with Crippen LogP contribution < -0.4 is 16.6 Å². The van der Waals surface area contributed by atoms with Crippen molar-refractivity contribution < 1.29 is 9.53 Å². The van der Waals surface area contributed by atoms with Gasteiger partial charge in [0.05, 0.1) is 29.9 Å². The number of likely N-dealkylation sites (tertiary alicyclic amines) is 1. The second kappa shape index (κ2) is 11.2. The van der Waals surface area contributed by atoms with E-state index in [9.17, 15) is 4.79 Å². The van der Waals surface area contributed by atoms with Crippen LogP contribution in [-0.4, -0.2) is 47.9 Å². The van der Waals surface area contributed by atoms with E-state index in [2.05, 4.69) is 46.0 Å². The van der Waals surface area contributed by atoms with Crippen LogP contribution in [0.5, 0.6) is 0 Å². The Balaban J connectivity index is 1.73. The summed E-state index contributed by atoms with van der Waals surface area (Å²) in [6.07, 6.45) is 6.19. The summed E-state index contributed by atoms with van der Waals surface area (Å²) in [6.45, 7) is 10.9. The first-order valence-corrected chi connectivity index (χ1v) is 13.3. The Bertz CT molecular complexity index is 1270. The van der Waals surface area contributed by atoms with Crippen LogP contribution in [-0.2, 0) is 16.1 Å². The van der Waals surface area contributed by atoms with E-state index in [-0.39, 0.29) is 11.9 Å². The molecule has 0 bridgehead atoms. The lowest BCUT2D eigenvalue weighted by Gasteiger charge is -2.36. The van der Waals surface area contributed by atoms with Gasteiger partial charge in [-0.2, -0.15) is 5.10 Å². The number of methoxy groups -OCH3 is 1. The van der Waals surface area contributed by atoms with E-state index in [1.54, 1.807) is 7.05 Å². The van der Waals surface area contributed by atoms with E-state index in [0.29, 0.717) is 11.7 Å². The van der Waals surface area contributed by atoms with E-state index in [0.717, 1.165) is 54.9 Å². The number of nitrogens with zero attached hydrogens (tertiary/aromatic N) is 4. The van der Waals surface area contributed by atoms with Gasteiger partial charge in [-0.05, 0) is 87.0 Å². The Morgan fingerprint density at radius 1 is 1.26 bits per heavy atom. The van der Waals surface area contributed by atoms with Gasteiger partial charge >= 0.3 is 5.97 Å². The smallest absolute Gasteiger partial charge is 0.312 e. The first-order chi connectivity index (χ1) is 18.0. The number of anilines is 2. The van der Waals surface area contributed by atoms with Gasteiger partial charge < -0.3 is 15.5 Å². The topological polar surface area (TPSA) is 103 Å². The highest BCUT2D eigenvalue weighted by Crippen LogP contribution is 2.45. The zero-order chi connectivity index (χ0) is 27.6. The summed E-state index contributed by atoms with van der Waals surface area (Å²) in [4.78, 5) is 15.6. The van der Waals surface area contributed by atoms with Gasteiger partial charge in [-0.3, -0.25) is 14.4 Å². The molecular weight excluding hydrogens is 476 g/mol. The van der Waals surface area contributed by atoms with Crippen molar-refractivity contribution in [1.82, 2.24) is 14.7 Å². The molecule has 1 aliphatic heterocycles. The quantitative estimate of drug-likeness (QED) is 0.195. The Morgan fingerprint density at radius 2 is 2.03 bits per heavy atom. The van der Waals surface area contributed by atoms with Gasteiger partial charge in [0.1, 0.15) is 0 Å². The van der Waals surface area contributed by atoms with E-state index in [4.69, 9.17) is 16.3 Å². The van der Waals surface area contributed by atoms with Crippen molar-refractivity contribution in [2.45, 2.75) is 59.0 Å². The van der Waals surface area contributed by atoms with Crippen LogP contribution in [0.2, 0.25) is 0 Å². The standard InChI is InChI=1S/C30H42N6O2/c1-20-10-11-22(17-23(20)18-35-15-7-9-24(19-35)36-16-8-14-33-36)27(30(3,4)29(37)38-6)25-12-13-26(34(5)32)28(31)21(25)2/h8,10-14,16-17,24,27H,7,9,15,18-19,31-32H2,1-6H3. The molecule has 1 aliphatic rings. The molecule has 8 heteroatoms. The predicted octanol–water partition coefficient (Wildman–Crippen LogP) is 4.56. The monoisotopic (exact) mass is 518 g/mol. The minimum atomic E-state index is -0.828. The number of aromatic nitrogens is 2. The van der Waals surface area contributed by atoms with Crippen molar-refractivity contribution >= 4 is 17.3 Å². The van der Waals surface area contributed by atoms with Crippen LogP contribution in [0, 0.1) is 19.3 Å². The van der Waals surface area contributed by atoms with Crippen molar-refractivity contribution in [1.29, 1.82) is 0 Å². The average molecular weight is 519 g/mol. The number of benzene rings is 2. The summed E-state index contributed by atoms with van der Waals surface area (Å²) < 4.78 is 7.36. The molecule has 4 N–H and O–H groups in total. The highest BCUT2D eigenvalue weighted by molar-refractivity contribution is 5.80. The van der Waals surface area contributed by atoms with E-state index >= 15 is 0 Å². The molecule has 204 valence electrons. The lowest BCUT2D eigenvalue weighted by Crippen LogP contribution is -2.36. The molecule has 8 nitrogen and oxygen atoms in total. The second-order valence-electron chi connectivity index (χ2n) is 11.2. The molecule has 2 heterocycles. The van der Waals surface area contributed by atoms with Gasteiger partial charge in [0, 0.05) is 38.4 Å². The molecular formula is C30H42N6O2. The highest BCUT2D eigenvalue weighted by Gasteiger charge is 2.41. The molecule has 0 spiro atoms. The maximum atomic E-state index is 13.1. The molecule has 0 amide bonds. The molecule has 1 aromatic heterocycles. The van der Waals surface area contributed by atoms with Crippen LogP contribution in [0.25, 0.3) is 0 Å². The summed E-state index contributed by atoms with van der Waals surface area (Å²) in [5.74, 6) is 5.49. The Kier molecular flexibility index (Phi) is 8.13. The molecule has 0 saturated carbocycles. The van der Waals surface area contributed by atoms with Crippen LogP contribution in [0.4, 0.5) is 11.4 Å². The third kappa shape index (κ3) is 5.42. The number of nitrogen functional groups attached to an aromatic ring is 1. The zero-order valence-electron chi connectivity index (χ0n) is 23.6. The first-order valence-electron chi connectivity index (χ1n) is 13.3. The van der Waals surface area contributed by atoms with Crippen LogP contribution >= 0.6 is 0 Å². The second-order valence-corrected chi connectivity index (χ2v) is 11.2. The summed E-state index contributed by atoms with van der Waals surface area (Å²) in [7, 11) is 3.21. The molecule has 38 heavy (non-hydrogen) atoms. The van der Waals surface area contributed by atoms with Crippen LogP contribution in [0.3, 0.4) is 0 Å². The lowest BCUT2D eigenvalue weighted by atomic mass is 9.69. The molecule has 1 fully saturated rings. The Hall–Kier alpha value is -3.36. The molecule has 2 unspecified atom stereocenters. The number of hydrogen-bond acceptors (Lipinski definition) is 7. The zero-order valence-corrected chi connectivity index (χ0v) is 23.6. The average Bonchev–Trinajstić information content (AvgIpc) is 3.43. The van der Waals surface area contributed by atoms with E-state index in [1.807, 2.05) is 45.2 Å². The number of hydrogen-bond donors (Lipinski definition) is 2. The number of hydrazine groups is 1. The molecule has 4 rings (SSSR count). The Morgan fingerprint density at radius 3 is 2.68 bits per heavy atom. The number of carbonyl (C=O) groups excluding carboxylic acids is 1. The number of ether oxygens (including phenoxy) is 1. The van der Waals surface area contributed by atoms with Gasteiger partial charge in [0.2, 0.25) is 0 Å². The third-order valence-electron chi connectivity index (χ3n) is 8.14. The maximum absolute atomic E-state index is 13.1. The fourth-order valence-electron chi connectivity index (χ4n) is 5.89. The van der Waals surface area contributed by atoms with Gasteiger partial charge in [0.15, 0.2) is 0 Å². The fourth-order valence-corrected chi connectivity index (χ4v) is 5.89. The SMILES string of the molecule is COC(=O)C(C)(C)C(c1ccc(C)c(CN2CCCC(n3cccn3)C2)c1)c1ccc(N(C)N)c(N)c1C.